The highest BCUT2D eigenvalue weighted by atomic mass is 16.5. The molecule has 2 aliphatic heterocycles. The molecule has 2 aliphatic rings. The zero-order valence-electron chi connectivity index (χ0n) is 19.5. The first kappa shape index (κ1) is 22.5. The first-order chi connectivity index (χ1) is 15.3. The van der Waals surface area contributed by atoms with E-state index in [1.165, 1.54) is 5.56 Å². The van der Waals surface area contributed by atoms with E-state index >= 15 is 0 Å². The Labute approximate surface area is 191 Å². The van der Waals surface area contributed by atoms with Crippen LogP contribution < -0.4 is 10.1 Å². The lowest BCUT2D eigenvalue weighted by Gasteiger charge is -2.32. The molecule has 4 atom stereocenters. The van der Waals surface area contributed by atoms with Gasteiger partial charge in [-0.3, -0.25) is 14.5 Å². The van der Waals surface area contributed by atoms with E-state index in [1.807, 2.05) is 30.3 Å². The summed E-state index contributed by atoms with van der Waals surface area (Å²) in [5.41, 5.74) is 2.26. The Balaban J connectivity index is 1.61. The van der Waals surface area contributed by atoms with E-state index in [1.54, 1.807) is 7.11 Å². The summed E-state index contributed by atoms with van der Waals surface area (Å²) < 4.78 is 5.32. The van der Waals surface area contributed by atoms with E-state index in [9.17, 15) is 9.59 Å². The smallest absolute Gasteiger partial charge is 0.230 e. The van der Waals surface area contributed by atoms with Gasteiger partial charge < -0.3 is 10.1 Å². The standard InChI is InChI=1S/C27H34N2O3/c1-27(2,3)29-16-22(19-10-12-21(32-4)13-11-19)23(17-29)25(30)24-20(15-28-26(24)31)14-18-8-6-5-7-9-18/h5-13,20,22-24H,14-17H2,1-4H3,(H,28,31)/t20-,22-,23-,24+/m1/s1. The van der Waals surface area contributed by atoms with Gasteiger partial charge in [-0.1, -0.05) is 42.5 Å². The number of likely N-dealkylation sites (tertiary alicyclic amines) is 1. The molecule has 2 aromatic carbocycles. The highest BCUT2D eigenvalue weighted by Gasteiger charge is 2.48. The summed E-state index contributed by atoms with van der Waals surface area (Å²) in [5, 5.41) is 2.97. The lowest BCUT2D eigenvalue weighted by molar-refractivity contribution is -0.135. The van der Waals surface area contributed by atoms with Crippen LogP contribution in [0, 0.1) is 17.8 Å². The number of hydrogen-bond donors (Lipinski definition) is 1. The van der Waals surface area contributed by atoms with Gasteiger partial charge in [0.05, 0.1) is 7.11 Å². The molecule has 170 valence electrons. The third kappa shape index (κ3) is 4.58. The third-order valence-electron chi connectivity index (χ3n) is 7.12. The number of methoxy groups -OCH3 is 1. The van der Waals surface area contributed by atoms with Gasteiger partial charge in [0.15, 0.2) is 5.78 Å². The summed E-state index contributed by atoms with van der Waals surface area (Å²) in [6, 6.07) is 18.2. The summed E-state index contributed by atoms with van der Waals surface area (Å²) in [6.07, 6.45) is 0.735. The number of Topliss-reactive ketones (excluding diaryl/α,β-unsaturated/α-hetero) is 1. The van der Waals surface area contributed by atoms with E-state index < -0.39 is 5.92 Å². The Morgan fingerprint density at radius 1 is 1.06 bits per heavy atom. The van der Waals surface area contributed by atoms with Crippen molar-refractivity contribution in [3.8, 4) is 5.75 Å². The molecule has 2 saturated heterocycles. The van der Waals surface area contributed by atoms with Gasteiger partial charge in [0.2, 0.25) is 5.91 Å². The maximum atomic E-state index is 13.9. The first-order valence-corrected chi connectivity index (χ1v) is 11.5. The van der Waals surface area contributed by atoms with Crippen molar-refractivity contribution in [1.82, 2.24) is 10.2 Å². The molecule has 0 aromatic heterocycles. The lowest BCUT2D eigenvalue weighted by Crippen LogP contribution is -2.41. The maximum absolute atomic E-state index is 13.9. The normalized spacial score (nSPS) is 26.2. The lowest BCUT2D eigenvalue weighted by atomic mass is 9.77. The molecule has 2 heterocycles. The van der Waals surface area contributed by atoms with Crippen LogP contribution in [0.2, 0.25) is 0 Å². The Kier molecular flexibility index (Phi) is 6.38. The summed E-state index contributed by atoms with van der Waals surface area (Å²) in [4.78, 5) is 29.1. The molecule has 0 saturated carbocycles. The largest absolute Gasteiger partial charge is 0.497 e. The van der Waals surface area contributed by atoms with Crippen molar-refractivity contribution in [2.75, 3.05) is 26.7 Å². The van der Waals surface area contributed by atoms with Gasteiger partial charge in [-0.15, -0.1) is 0 Å². The highest BCUT2D eigenvalue weighted by molar-refractivity contribution is 6.04. The molecule has 2 fully saturated rings. The summed E-state index contributed by atoms with van der Waals surface area (Å²) >= 11 is 0. The minimum Gasteiger partial charge on any atom is -0.497 e. The Hall–Kier alpha value is -2.66. The van der Waals surface area contributed by atoms with Gasteiger partial charge in [-0.2, -0.15) is 0 Å². The van der Waals surface area contributed by atoms with Crippen molar-refractivity contribution in [2.45, 2.75) is 38.6 Å². The average molecular weight is 435 g/mol. The summed E-state index contributed by atoms with van der Waals surface area (Å²) in [5.74, 6) is 0.0687. The number of benzene rings is 2. The SMILES string of the molecule is COc1ccc([C@H]2CN(C(C)(C)C)C[C@H]2C(=O)[C@H]2C(=O)NC[C@H]2Cc2ccccc2)cc1. The van der Waals surface area contributed by atoms with Crippen LogP contribution in [0.1, 0.15) is 37.8 Å². The number of hydrogen-bond acceptors (Lipinski definition) is 4. The van der Waals surface area contributed by atoms with Gasteiger partial charge in [-0.25, -0.2) is 0 Å². The zero-order valence-corrected chi connectivity index (χ0v) is 19.5. The Bertz CT molecular complexity index is 949. The number of amides is 1. The number of rotatable bonds is 6. The van der Waals surface area contributed by atoms with Gasteiger partial charge in [0.25, 0.3) is 0 Å². The Morgan fingerprint density at radius 3 is 2.38 bits per heavy atom. The van der Waals surface area contributed by atoms with E-state index in [2.05, 4.69) is 55.3 Å². The molecule has 0 unspecified atom stereocenters. The van der Waals surface area contributed by atoms with Gasteiger partial charge >= 0.3 is 0 Å². The van der Waals surface area contributed by atoms with Crippen molar-refractivity contribution in [3.05, 3.63) is 65.7 Å². The van der Waals surface area contributed by atoms with Crippen LogP contribution in [0.5, 0.6) is 5.75 Å². The zero-order chi connectivity index (χ0) is 22.9. The van der Waals surface area contributed by atoms with Crippen LogP contribution in [-0.2, 0) is 16.0 Å². The Morgan fingerprint density at radius 2 is 1.75 bits per heavy atom. The average Bonchev–Trinajstić information content (AvgIpc) is 3.38. The molecular weight excluding hydrogens is 400 g/mol. The number of nitrogens with zero attached hydrogens (tertiary/aromatic N) is 1. The number of ether oxygens (including phenoxy) is 1. The number of ketones is 1. The van der Waals surface area contributed by atoms with Crippen LogP contribution >= 0.6 is 0 Å². The van der Waals surface area contributed by atoms with Crippen LogP contribution in [-0.4, -0.2) is 48.9 Å². The van der Waals surface area contributed by atoms with Gasteiger partial charge in [0, 0.05) is 37.0 Å². The molecule has 32 heavy (non-hydrogen) atoms. The summed E-state index contributed by atoms with van der Waals surface area (Å²) in [7, 11) is 1.66. The minimum absolute atomic E-state index is 0.00222. The fourth-order valence-electron chi connectivity index (χ4n) is 5.20. The second-order valence-electron chi connectivity index (χ2n) is 10.1. The van der Waals surface area contributed by atoms with E-state index in [0.717, 1.165) is 24.3 Å². The van der Waals surface area contributed by atoms with Crippen molar-refractivity contribution >= 4 is 11.7 Å². The molecule has 5 heteroatoms. The van der Waals surface area contributed by atoms with Crippen molar-refractivity contribution < 1.29 is 14.3 Å². The molecule has 0 bridgehead atoms. The van der Waals surface area contributed by atoms with E-state index in [0.29, 0.717) is 13.1 Å². The number of nitrogens with one attached hydrogen (secondary N) is 1. The van der Waals surface area contributed by atoms with Crippen LogP contribution in [0.4, 0.5) is 0 Å². The molecule has 1 amide bonds. The van der Waals surface area contributed by atoms with Crippen molar-refractivity contribution in [3.63, 3.8) is 0 Å². The minimum atomic E-state index is -0.583. The van der Waals surface area contributed by atoms with Crippen LogP contribution in [0.25, 0.3) is 0 Å². The molecule has 0 aliphatic carbocycles. The van der Waals surface area contributed by atoms with Crippen LogP contribution in [0.15, 0.2) is 54.6 Å². The molecular formula is C27H34N2O3. The van der Waals surface area contributed by atoms with Gasteiger partial charge in [-0.05, 0) is 56.4 Å². The highest BCUT2D eigenvalue weighted by Crippen LogP contribution is 2.40. The summed E-state index contributed by atoms with van der Waals surface area (Å²) in [6.45, 7) is 8.61. The predicted octanol–water partition coefficient (Wildman–Crippen LogP) is 3.68. The van der Waals surface area contributed by atoms with Crippen molar-refractivity contribution in [1.29, 1.82) is 0 Å². The molecule has 0 spiro atoms. The molecule has 0 radical (unpaired) electrons. The topological polar surface area (TPSA) is 58.6 Å². The number of carbonyl (C=O) groups is 2. The molecule has 5 nitrogen and oxygen atoms in total. The maximum Gasteiger partial charge on any atom is 0.230 e. The first-order valence-electron chi connectivity index (χ1n) is 11.5. The third-order valence-corrected chi connectivity index (χ3v) is 7.12. The second kappa shape index (κ2) is 9.07. The fourth-order valence-corrected chi connectivity index (χ4v) is 5.20. The molecule has 4 rings (SSSR count). The monoisotopic (exact) mass is 434 g/mol. The quantitative estimate of drug-likeness (QED) is 0.705. The van der Waals surface area contributed by atoms with E-state index in [4.69, 9.17) is 4.74 Å². The fraction of sp³-hybridized carbons (Fsp3) is 0.481. The van der Waals surface area contributed by atoms with E-state index in [-0.39, 0.29) is 35.0 Å². The van der Waals surface area contributed by atoms with Gasteiger partial charge in [0.1, 0.15) is 11.7 Å². The molecule has 2 aromatic rings. The number of carbonyl (C=O) groups excluding carboxylic acids is 2. The predicted molar refractivity (Wildman–Crippen MR) is 126 cm³/mol. The van der Waals surface area contributed by atoms with Crippen molar-refractivity contribution in [2.24, 2.45) is 17.8 Å². The second-order valence-corrected chi connectivity index (χ2v) is 10.1. The van der Waals surface area contributed by atoms with Crippen LogP contribution in [0.3, 0.4) is 0 Å². The molecule has 1 N–H and O–H groups in total.